The molecule has 0 bridgehead atoms. The summed E-state index contributed by atoms with van der Waals surface area (Å²) in [6.07, 6.45) is 5.21. The predicted octanol–water partition coefficient (Wildman–Crippen LogP) is 3.29. The molecule has 0 unspecified atom stereocenters. The normalized spacial score (nSPS) is 15.5. The first-order valence-corrected chi connectivity index (χ1v) is 9.41. The van der Waals surface area contributed by atoms with Gasteiger partial charge in [-0.15, -0.1) is 0 Å². The monoisotopic (exact) mass is 364 g/mol. The van der Waals surface area contributed by atoms with E-state index in [0.717, 1.165) is 54.3 Å². The van der Waals surface area contributed by atoms with Crippen LogP contribution >= 0.6 is 0 Å². The molecule has 0 aliphatic carbocycles. The van der Waals surface area contributed by atoms with Gasteiger partial charge in [0, 0.05) is 43.4 Å². The van der Waals surface area contributed by atoms with Gasteiger partial charge in [0.05, 0.1) is 11.3 Å². The number of hydrogen-bond acceptors (Lipinski definition) is 5. The van der Waals surface area contributed by atoms with Gasteiger partial charge in [-0.1, -0.05) is 6.92 Å². The number of fused-ring (bicyclic) bond motifs is 1. The summed E-state index contributed by atoms with van der Waals surface area (Å²) in [4.78, 5) is 26.6. The zero-order valence-corrected chi connectivity index (χ0v) is 15.7. The van der Waals surface area contributed by atoms with E-state index in [9.17, 15) is 4.79 Å². The molecule has 1 aliphatic heterocycles. The van der Waals surface area contributed by atoms with Crippen LogP contribution < -0.4 is 5.56 Å². The maximum absolute atomic E-state index is 12.6. The number of aromatic amines is 1. The Morgan fingerprint density at radius 3 is 2.81 bits per heavy atom. The number of furan rings is 1. The Kier molecular flexibility index (Phi) is 4.90. The van der Waals surface area contributed by atoms with E-state index >= 15 is 0 Å². The van der Waals surface area contributed by atoms with Crippen molar-refractivity contribution >= 4 is 0 Å². The molecule has 140 valence electrons. The first-order valence-electron chi connectivity index (χ1n) is 9.41. The fraction of sp³-hybridized carbons (Fsp3) is 0.381. The molecule has 4 rings (SSSR count). The Balaban J connectivity index is 1.45. The molecule has 0 amide bonds. The molecule has 0 fully saturated rings. The van der Waals surface area contributed by atoms with E-state index in [4.69, 9.17) is 9.40 Å². The third-order valence-electron chi connectivity index (χ3n) is 5.23. The molecule has 0 radical (unpaired) electrons. The molecular formula is C21H24N4O2. The highest BCUT2D eigenvalue weighted by atomic mass is 16.3. The van der Waals surface area contributed by atoms with Crippen molar-refractivity contribution in [2.75, 3.05) is 13.1 Å². The molecule has 1 atom stereocenters. The lowest BCUT2D eigenvalue weighted by atomic mass is 10.0. The first kappa shape index (κ1) is 17.7. The predicted molar refractivity (Wildman–Crippen MR) is 104 cm³/mol. The van der Waals surface area contributed by atoms with Crippen LogP contribution in [0, 0.1) is 6.92 Å². The zero-order valence-electron chi connectivity index (χ0n) is 15.7. The first-order chi connectivity index (χ1) is 13.1. The summed E-state index contributed by atoms with van der Waals surface area (Å²) in [5, 5.41) is 0. The Hall–Kier alpha value is -2.73. The summed E-state index contributed by atoms with van der Waals surface area (Å²) >= 11 is 0. The number of rotatable bonds is 5. The van der Waals surface area contributed by atoms with E-state index in [1.54, 1.807) is 12.4 Å². The maximum atomic E-state index is 12.6. The third kappa shape index (κ3) is 3.85. The van der Waals surface area contributed by atoms with Crippen molar-refractivity contribution in [3.8, 4) is 11.4 Å². The standard InChI is InChI=1S/C21H24N4O2/c1-14(19-4-3-15(2)27-19)7-11-25-12-8-18-17(13-25)21(26)24-20(23-18)16-5-9-22-10-6-16/h3-6,9-10,14H,7-8,11-13H2,1-2H3,(H,23,24,26)/t14-/m1/s1. The smallest absolute Gasteiger partial charge is 0.255 e. The molecule has 3 aromatic rings. The van der Waals surface area contributed by atoms with Crippen LogP contribution in [0.5, 0.6) is 0 Å². The van der Waals surface area contributed by atoms with Crippen molar-refractivity contribution in [1.82, 2.24) is 19.9 Å². The van der Waals surface area contributed by atoms with Gasteiger partial charge in [0.1, 0.15) is 17.3 Å². The average Bonchev–Trinajstić information content (AvgIpc) is 3.13. The number of nitrogens with zero attached hydrogens (tertiary/aromatic N) is 3. The molecule has 4 heterocycles. The van der Waals surface area contributed by atoms with Gasteiger partial charge in [0.2, 0.25) is 0 Å². The highest BCUT2D eigenvalue weighted by Gasteiger charge is 2.22. The minimum absolute atomic E-state index is 0.0359. The SMILES string of the molecule is Cc1ccc([C@H](C)CCN2CCc3nc(-c4ccncc4)[nH]c(=O)c3C2)o1. The van der Waals surface area contributed by atoms with E-state index < -0.39 is 0 Å². The number of H-pyrrole nitrogens is 1. The fourth-order valence-electron chi connectivity index (χ4n) is 3.56. The molecule has 0 aromatic carbocycles. The molecule has 0 saturated carbocycles. The summed E-state index contributed by atoms with van der Waals surface area (Å²) in [6.45, 7) is 6.66. The Bertz CT molecular complexity index is 977. The number of aromatic nitrogens is 3. The van der Waals surface area contributed by atoms with E-state index in [2.05, 4.69) is 27.9 Å². The fourth-order valence-corrected chi connectivity index (χ4v) is 3.56. The Labute approximate surface area is 158 Å². The molecule has 3 aromatic heterocycles. The van der Waals surface area contributed by atoms with Crippen molar-refractivity contribution in [2.45, 2.75) is 39.2 Å². The molecule has 6 nitrogen and oxygen atoms in total. The van der Waals surface area contributed by atoms with Crippen LogP contribution in [0.4, 0.5) is 0 Å². The quantitative estimate of drug-likeness (QED) is 0.752. The molecule has 6 heteroatoms. The van der Waals surface area contributed by atoms with Crippen LogP contribution in [0.3, 0.4) is 0 Å². The Morgan fingerprint density at radius 2 is 2.07 bits per heavy atom. The highest BCUT2D eigenvalue weighted by Crippen LogP contribution is 2.23. The second kappa shape index (κ2) is 7.48. The lowest BCUT2D eigenvalue weighted by molar-refractivity contribution is 0.238. The third-order valence-corrected chi connectivity index (χ3v) is 5.23. The second-order valence-corrected chi connectivity index (χ2v) is 7.24. The van der Waals surface area contributed by atoms with E-state index in [-0.39, 0.29) is 5.56 Å². The summed E-state index contributed by atoms with van der Waals surface area (Å²) in [7, 11) is 0. The molecule has 1 aliphatic rings. The largest absolute Gasteiger partial charge is 0.466 e. The van der Waals surface area contributed by atoms with Crippen LogP contribution in [0.15, 0.2) is 45.9 Å². The summed E-state index contributed by atoms with van der Waals surface area (Å²) < 4.78 is 5.73. The summed E-state index contributed by atoms with van der Waals surface area (Å²) in [6, 6.07) is 7.78. The van der Waals surface area contributed by atoms with Crippen molar-refractivity contribution in [2.24, 2.45) is 0 Å². The van der Waals surface area contributed by atoms with Crippen LogP contribution in [0.1, 0.15) is 42.0 Å². The average molecular weight is 364 g/mol. The summed E-state index contributed by atoms with van der Waals surface area (Å²) in [5.41, 5.74) is 2.55. The minimum atomic E-state index is -0.0359. The van der Waals surface area contributed by atoms with Gasteiger partial charge in [-0.05, 0) is 44.2 Å². The van der Waals surface area contributed by atoms with Crippen molar-refractivity contribution < 1.29 is 4.42 Å². The number of nitrogens with one attached hydrogen (secondary N) is 1. The molecule has 0 spiro atoms. The van der Waals surface area contributed by atoms with Gasteiger partial charge < -0.3 is 9.40 Å². The lowest BCUT2D eigenvalue weighted by Gasteiger charge is -2.28. The van der Waals surface area contributed by atoms with Crippen molar-refractivity contribution in [3.63, 3.8) is 0 Å². The summed E-state index contributed by atoms with van der Waals surface area (Å²) in [5.74, 6) is 2.97. The topological polar surface area (TPSA) is 75.0 Å². The van der Waals surface area contributed by atoms with Crippen LogP contribution in [0.2, 0.25) is 0 Å². The van der Waals surface area contributed by atoms with E-state index in [0.29, 0.717) is 18.3 Å². The highest BCUT2D eigenvalue weighted by molar-refractivity contribution is 5.54. The number of pyridine rings is 1. The lowest BCUT2D eigenvalue weighted by Crippen LogP contribution is -2.36. The second-order valence-electron chi connectivity index (χ2n) is 7.24. The van der Waals surface area contributed by atoms with E-state index in [1.165, 1.54) is 0 Å². The number of aryl methyl sites for hydroxylation is 1. The van der Waals surface area contributed by atoms with Crippen molar-refractivity contribution in [1.29, 1.82) is 0 Å². The molecular weight excluding hydrogens is 340 g/mol. The zero-order chi connectivity index (χ0) is 18.8. The molecule has 0 saturated heterocycles. The Morgan fingerprint density at radius 1 is 1.26 bits per heavy atom. The van der Waals surface area contributed by atoms with Gasteiger partial charge in [-0.25, -0.2) is 4.98 Å². The molecule has 27 heavy (non-hydrogen) atoms. The van der Waals surface area contributed by atoms with Gasteiger partial charge >= 0.3 is 0 Å². The van der Waals surface area contributed by atoms with Crippen molar-refractivity contribution in [3.05, 3.63) is 69.8 Å². The molecule has 1 N–H and O–H groups in total. The minimum Gasteiger partial charge on any atom is -0.466 e. The van der Waals surface area contributed by atoms with Crippen LogP contribution in [-0.2, 0) is 13.0 Å². The van der Waals surface area contributed by atoms with Gasteiger partial charge in [0.25, 0.3) is 5.56 Å². The van der Waals surface area contributed by atoms with Gasteiger partial charge in [-0.2, -0.15) is 0 Å². The van der Waals surface area contributed by atoms with E-state index in [1.807, 2.05) is 25.1 Å². The maximum Gasteiger partial charge on any atom is 0.255 e. The van der Waals surface area contributed by atoms with Crippen LogP contribution in [0.25, 0.3) is 11.4 Å². The number of hydrogen-bond donors (Lipinski definition) is 1. The van der Waals surface area contributed by atoms with Gasteiger partial charge in [0.15, 0.2) is 0 Å². The van der Waals surface area contributed by atoms with Gasteiger partial charge in [-0.3, -0.25) is 14.7 Å². The van der Waals surface area contributed by atoms with Crippen LogP contribution in [-0.4, -0.2) is 32.9 Å².